The molecule has 26 heavy (non-hydrogen) atoms. The van der Waals surface area contributed by atoms with Crippen molar-refractivity contribution in [2.45, 2.75) is 46.3 Å². The molecule has 8 heteroatoms. The van der Waals surface area contributed by atoms with E-state index in [1.807, 2.05) is 0 Å². The lowest BCUT2D eigenvalue weighted by Crippen LogP contribution is -2.50. The van der Waals surface area contributed by atoms with Gasteiger partial charge in [-0.2, -0.15) is 0 Å². The molecule has 0 unspecified atom stereocenters. The van der Waals surface area contributed by atoms with Crippen molar-refractivity contribution in [3.05, 3.63) is 34.5 Å². The third-order valence-corrected chi connectivity index (χ3v) is 3.70. The van der Waals surface area contributed by atoms with E-state index in [-0.39, 0.29) is 5.76 Å². The highest BCUT2D eigenvalue weighted by atomic mass is 35.5. The van der Waals surface area contributed by atoms with Gasteiger partial charge in [-0.3, -0.25) is 10.1 Å². The first kappa shape index (κ1) is 19.8. The maximum atomic E-state index is 12.3. The van der Waals surface area contributed by atoms with Gasteiger partial charge >= 0.3 is 12.0 Å². The number of urea groups is 1. The molecule has 1 aromatic heterocycles. The number of furan rings is 1. The Morgan fingerprint density at radius 2 is 1.88 bits per heavy atom. The molecule has 140 valence electrons. The van der Waals surface area contributed by atoms with E-state index in [2.05, 4.69) is 10.6 Å². The zero-order valence-electron chi connectivity index (χ0n) is 15.2. The smallest absolute Gasteiger partial charge is 0.375 e. The number of hydrogen-bond donors (Lipinski definition) is 2. The number of carbonyl (C=O) groups excluding carboxylic acids is 3. The zero-order chi connectivity index (χ0) is 19.6. The Balaban J connectivity index is 2.06. The third-order valence-electron chi connectivity index (χ3n) is 3.46. The van der Waals surface area contributed by atoms with Gasteiger partial charge in [0.25, 0.3) is 5.91 Å². The van der Waals surface area contributed by atoms with Crippen LogP contribution in [0.4, 0.5) is 4.79 Å². The van der Waals surface area contributed by atoms with Crippen LogP contribution in [0.1, 0.15) is 43.8 Å². The van der Waals surface area contributed by atoms with Gasteiger partial charge in [0, 0.05) is 21.5 Å². The molecule has 0 saturated heterocycles. The van der Waals surface area contributed by atoms with E-state index in [0.717, 1.165) is 0 Å². The van der Waals surface area contributed by atoms with Crippen molar-refractivity contribution in [3.63, 3.8) is 0 Å². The Bertz CT molecular complexity index is 866. The van der Waals surface area contributed by atoms with Crippen molar-refractivity contribution in [2.75, 3.05) is 0 Å². The van der Waals surface area contributed by atoms with Crippen LogP contribution in [0.5, 0.6) is 0 Å². The van der Waals surface area contributed by atoms with Crippen molar-refractivity contribution in [2.24, 2.45) is 0 Å². The molecule has 0 spiro atoms. The summed E-state index contributed by atoms with van der Waals surface area (Å²) in [5, 5.41) is 5.91. The molecule has 3 amide bonds. The number of esters is 1. The number of ether oxygens (including phenoxy) is 1. The Morgan fingerprint density at radius 3 is 2.50 bits per heavy atom. The molecule has 1 heterocycles. The summed E-state index contributed by atoms with van der Waals surface area (Å²) in [4.78, 5) is 36.0. The second-order valence-electron chi connectivity index (χ2n) is 6.94. The van der Waals surface area contributed by atoms with Gasteiger partial charge in [0.15, 0.2) is 6.10 Å². The average molecular weight is 381 g/mol. The fraction of sp³-hybridized carbons (Fsp3) is 0.389. The molecule has 0 aliphatic heterocycles. The standard InChI is InChI=1S/C18H21ClN2O5/c1-9-12-8-11(19)6-7-13(12)26-14(9)16(23)25-10(2)15(22)20-17(24)21-18(3,4)5/h6-8,10H,1-5H3,(H2,20,21,22,24)/t10-/m0/s1. The van der Waals surface area contributed by atoms with Crippen molar-refractivity contribution < 1.29 is 23.5 Å². The fourth-order valence-electron chi connectivity index (χ4n) is 2.24. The molecule has 0 fully saturated rings. The Morgan fingerprint density at radius 1 is 1.23 bits per heavy atom. The minimum atomic E-state index is -1.18. The molecular formula is C18H21ClN2O5. The topological polar surface area (TPSA) is 97.6 Å². The van der Waals surface area contributed by atoms with Gasteiger partial charge in [0.2, 0.25) is 5.76 Å². The molecule has 0 bridgehead atoms. The van der Waals surface area contributed by atoms with E-state index in [1.165, 1.54) is 6.92 Å². The van der Waals surface area contributed by atoms with Crippen LogP contribution < -0.4 is 10.6 Å². The largest absolute Gasteiger partial charge is 0.449 e. The van der Waals surface area contributed by atoms with Crippen LogP contribution in [-0.4, -0.2) is 29.6 Å². The molecular weight excluding hydrogens is 360 g/mol. The van der Waals surface area contributed by atoms with Crippen LogP contribution in [0.15, 0.2) is 22.6 Å². The Labute approximate surface area is 156 Å². The SMILES string of the molecule is Cc1c(C(=O)O[C@@H](C)C(=O)NC(=O)NC(C)(C)C)oc2ccc(Cl)cc12. The Kier molecular flexibility index (Phi) is 5.61. The molecule has 0 radical (unpaired) electrons. The van der Waals surface area contributed by atoms with E-state index in [9.17, 15) is 14.4 Å². The number of hydrogen-bond acceptors (Lipinski definition) is 5. The highest BCUT2D eigenvalue weighted by Crippen LogP contribution is 2.28. The second-order valence-corrected chi connectivity index (χ2v) is 7.37. The molecule has 2 rings (SSSR count). The van der Waals surface area contributed by atoms with Gasteiger partial charge in [-0.15, -0.1) is 0 Å². The van der Waals surface area contributed by atoms with Gasteiger partial charge in [-0.05, 0) is 52.8 Å². The summed E-state index contributed by atoms with van der Waals surface area (Å²) in [6, 6.07) is 4.31. The zero-order valence-corrected chi connectivity index (χ0v) is 16.0. The van der Waals surface area contributed by atoms with E-state index in [1.54, 1.807) is 45.9 Å². The first-order valence-corrected chi connectivity index (χ1v) is 8.38. The Hall–Kier alpha value is -2.54. The monoisotopic (exact) mass is 380 g/mol. The maximum absolute atomic E-state index is 12.3. The number of rotatable bonds is 3. The van der Waals surface area contributed by atoms with Crippen LogP contribution in [0.25, 0.3) is 11.0 Å². The number of aryl methyl sites for hydroxylation is 1. The summed E-state index contributed by atoms with van der Waals surface area (Å²) >= 11 is 5.95. The summed E-state index contributed by atoms with van der Waals surface area (Å²) in [6.07, 6.45) is -1.18. The van der Waals surface area contributed by atoms with E-state index in [4.69, 9.17) is 20.8 Å². The van der Waals surface area contributed by atoms with Gasteiger partial charge in [-0.1, -0.05) is 11.6 Å². The predicted molar refractivity (Wildman–Crippen MR) is 97.3 cm³/mol. The number of carbonyl (C=O) groups is 3. The highest BCUT2D eigenvalue weighted by Gasteiger charge is 2.26. The number of nitrogens with one attached hydrogen (secondary N) is 2. The quantitative estimate of drug-likeness (QED) is 0.793. The highest BCUT2D eigenvalue weighted by molar-refractivity contribution is 6.31. The van der Waals surface area contributed by atoms with Crippen molar-refractivity contribution in [1.29, 1.82) is 0 Å². The summed E-state index contributed by atoms with van der Waals surface area (Å²) in [5.74, 6) is -1.55. The average Bonchev–Trinajstić information content (AvgIpc) is 2.82. The molecule has 2 aromatic rings. The second kappa shape index (κ2) is 7.37. The van der Waals surface area contributed by atoms with Crippen molar-refractivity contribution in [3.8, 4) is 0 Å². The van der Waals surface area contributed by atoms with Crippen LogP contribution in [0.2, 0.25) is 5.02 Å². The normalized spacial score (nSPS) is 12.5. The van der Waals surface area contributed by atoms with Crippen molar-refractivity contribution >= 4 is 40.5 Å². The summed E-state index contributed by atoms with van der Waals surface area (Å²) < 4.78 is 10.6. The van der Waals surface area contributed by atoms with Gasteiger partial charge in [-0.25, -0.2) is 9.59 Å². The molecule has 7 nitrogen and oxygen atoms in total. The van der Waals surface area contributed by atoms with Crippen LogP contribution in [-0.2, 0) is 9.53 Å². The lowest BCUT2D eigenvalue weighted by atomic mass is 10.1. The lowest BCUT2D eigenvalue weighted by molar-refractivity contribution is -0.128. The molecule has 1 atom stereocenters. The minimum absolute atomic E-state index is 0.0129. The third kappa shape index (κ3) is 4.76. The van der Waals surface area contributed by atoms with Gasteiger partial charge in [0.05, 0.1) is 0 Å². The summed E-state index contributed by atoms with van der Waals surface area (Å²) in [6.45, 7) is 8.39. The first-order valence-electron chi connectivity index (χ1n) is 8.00. The number of amides is 3. The van der Waals surface area contributed by atoms with Crippen molar-refractivity contribution in [1.82, 2.24) is 10.6 Å². The van der Waals surface area contributed by atoms with Gasteiger partial charge in [0.1, 0.15) is 5.58 Å². The number of benzene rings is 1. The molecule has 0 saturated carbocycles. The number of halogens is 1. The summed E-state index contributed by atoms with van der Waals surface area (Å²) in [5.41, 5.74) is 0.544. The molecule has 1 aromatic carbocycles. The molecule has 0 aliphatic rings. The fourth-order valence-corrected chi connectivity index (χ4v) is 2.41. The van der Waals surface area contributed by atoms with Gasteiger partial charge < -0.3 is 14.5 Å². The van der Waals surface area contributed by atoms with E-state index >= 15 is 0 Å². The minimum Gasteiger partial charge on any atom is -0.449 e. The number of fused-ring (bicyclic) bond motifs is 1. The number of imide groups is 1. The van der Waals surface area contributed by atoms with Crippen LogP contribution in [0.3, 0.4) is 0 Å². The van der Waals surface area contributed by atoms with Crippen LogP contribution >= 0.6 is 11.6 Å². The van der Waals surface area contributed by atoms with E-state index < -0.39 is 29.6 Å². The molecule has 0 aliphatic carbocycles. The maximum Gasteiger partial charge on any atom is 0.375 e. The van der Waals surface area contributed by atoms with E-state index in [0.29, 0.717) is 21.6 Å². The lowest BCUT2D eigenvalue weighted by Gasteiger charge is -2.21. The predicted octanol–water partition coefficient (Wildman–Crippen LogP) is 3.56. The molecule has 2 N–H and O–H groups in total. The first-order chi connectivity index (χ1) is 12.0. The summed E-state index contributed by atoms with van der Waals surface area (Å²) in [7, 11) is 0. The van der Waals surface area contributed by atoms with Crippen LogP contribution in [0, 0.1) is 6.92 Å².